The van der Waals surface area contributed by atoms with E-state index in [0.717, 1.165) is 11.4 Å². The second-order valence-electron chi connectivity index (χ2n) is 2.22. The average molecular weight is 277 g/mol. The lowest BCUT2D eigenvalue weighted by Crippen LogP contribution is -1.94. The predicted molar refractivity (Wildman–Crippen MR) is 62.2 cm³/mol. The molecule has 0 aliphatic heterocycles. The van der Waals surface area contributed by atoms with Crippen LogP contribution in [0.3, 0.4) is 0 Å². The van der Waals surface area contributed by atoms with Crippen LogP contribution in [0.5, 0.6) is 0 Å². The second kappa shape index (κ2) is 5.08. The van der Waals surface area contributed by atoms with E-state index < -0.39 is 0 Å². The van der Waals surface area contributed by atoms with Crippen molar-refractivity contribution in [2.24, 2.45) is 12.0 Å². The fraction of sp³-hybridized carbons (Fsp3) is 0.250. The number of aliphatic imine (C=N–C) groups is 1. The number of nitrogens with zero attached hydrogens (tertiary/aromatic N) is 3. The van der Waals surface area contributed by atoms with Crippen LogP contribution in [0.4, 0.5) is 0 Å². The van der Waals surface area contributed by atoms with Gasteiger partial charge in [-0.15, -0.1) is 24.0 Å². The highest BCUT2D eigenvalue weighted by Gasteiger charge is 2.00. The summed E-state index contributed by atoms with van der Waals surface area (Å²) in [4.78, 5) is 8.02. The zero-order valence-corrected chi connectivity index (χ0v) is 9.52. The van der Waals surface area contributed by atoms with E-state index in [1.807, 2.05) is 11.6 Å². The zero-order chi connectivity index (χ0) is 8.27. The zero-order valence-electron chi connectivity index (χ0n) is 7.19. The standard InChI is InChI=1S/C8H11N3.HI/c1-4-7-8(5-9-2)11(3)6-10-7;/h4-6H,1H2,2-3H3;1H. The van der Waals surface area contributed by atoms with E-state index in [1.165, 1.54) is 0 Å². The van der Waals surface area contributed by atoms with Crippen molar-refractivity contribution in [2.45, 2.75) is 0 Å². The summed E-state index contributed by atoms with van der Waals surface area (Å²) in [6, 6.07) is 0. The maximum Gasteiger partial charge on any atom is 0.0956 e. The highest BCUT2D eigenvalue weighted by molar-refractivity contribution is 14.0. The summed E-state index contributed by atoms with van der Waals surface area (Å²) in [5.74, 6) is 0. The Labute approximate surface area is 89.2 Å². The summed E-state index contributed by atoms with van der Waals surface area (Å²) in [6.07, 6.45) is 5.23. The van der Waals surface area contributed by atoms with Gasteiger partial charge in [0, 0.05) is 20.3 Å². The molecule has 66 valence electrons. The molecule has 0 saturated carbocycles. The largest absolute Gasteiger partial charge is 0.332 e. The molecular formula is C8H12IN3. The first-order chi connectivity index (χ1) is 5.29. The van der Waals surface area contributed by atoms with Crippen molar-refractivity contribution in [3.8, 4) is 0 Å². The van der Waals surface area contributed by atoms with Gasteiger partial charge in [-0.25, -0.2) is 4.98 Å². The van der Waals surface area contributed by atoms with Crippen molar-refractivity contribution in [1.29, 1.82) is 0 Å². The molecule has 0 aromatic carbocycles. The molecule has 4 heteroatoms. The number of rotatable bonds is 2. The first-order valence-corrected chi connectivity index (χ1v) is 3.35. The molecule has 0 aliphatic rings. The van der Waals surface area contributed by atoms with Gasteiger partial charge in [-0.1, -0.05) is 6.58 Å². The van der Waals surface area contributed by atoms with Crippen LogP contribution in [-0.4, -0.2) is 22.8 Å². The van der Waals surface area contributed by atoms with E-state index in [1.54, 1.807) is 25.7 Å². The van der Waals surface area contributed by atoms with Gasteiger partial charge >= 0.3 is 0 Å². The topological polar surface area (TPSA) is 30.2 Å². The van der Waals surface area contributed by atoms with Crippen LogP contribution in [0.2, 0.25) is 0 Å². The minimum Gasteiger partial charge on any atom is -0.332 e. The molecule has 0 N–H and O–H groups in total. The van der Waals surface area contributed by atoms with Gasteiger partial charge in [-0.2, -0.15) is 0 Å². The summed E-state index contributed by atoms with van der Waals surface area (Å²) >= 11 is 0. The Morgan fingerprint density at radius 3 is 2.83 bits per heavy atom. The van der Waals surface area contributed by atoms with Crippen LogP contribution in [0.25, 0.3) is 6.08 Å². The average Bonchev–Trinajstić information content (AvgIpc) is 2.34. The van der Waals surface area contributed by atoms with Crippen LogP contribution in [0, 0.1) is 0 Å². The molecule has 1 heterocycles. The fourth-order valence-corrected chi connectivity index (χ4v) is 0.895. The van der Waals surface area contributed by atoms with Crippen LogP contribution >= 0.6 is 24.0 Å². The Morgan fingerprint density at radius 1 is 1.67 bits per heavy atom. The molecule has 0 saturated heterocycles. The SMILES string of the molecule is C=Cc1ncn(C)c1C=NC.I. The van der Waals surface area contributed by atoms with E-state index in [2.05, 4.69) is 16.6 Å². The summed E-state index contributed by atoms with van der Waals surface area (Å²) in [5, 5.41) is 0. The van der Waals surface area contributed by atoms with Crippen molar-refractivity contribution in [2.75, 3.05) is 7.05 Å². The number of aryl methyl sites for hydroxylation is 1. The first-order valence-electron chi connectivity index (χ1n) is 3.35. The van der Waals surface area contributed by atoms with E-state index in [0.29, 0.717) is 0 Å². The number of aromatic nitrogens is 2. The van der Waals surface area contributed by atoms with Gasteiger partial charge in [0.25, 0.3) is 0 Å². The minimum absolute atomic E-state index is 0. The number of halogens is 1. The lowest BCUT2D eigenvalue weighted by atomic mass is 10.3. The molecule has 1 aromatic heterocycles. The normalized spacial score (nSPS) is 9.83. The van der Waals surface area contributed by atoms with Crippen LogP contribution in [0.1, 0.15) is 11.4 Å². The number of hydrogen-bond acceptors (Lipinski definition) is 2. The first kappa shape index (κ1) is 11.4. The number of imidazole rings is 1. The molecule has 0 radical (unpaired) electrons. The Bertz CT molecular complexity index is 288. The third-order valence-electron chi connectivity index (χ3n) is 1.46. The summed E-state index contributed by atoms with van der Waals surface area (Å²) < 4.78 is 1.91. The molecule has 0 atom stereocenters. The Hall–Kier alpha value is -0.650. The molecule has 1 aromatic rings. The van der Waals surface area contributed by atoms with Gasteiger partial charge in [-0.3, -0.25) is 4.99 Å². The van der Waals surface area contributed by atoms with Gasteiger partial charge in [0.2, 0.25) is 0 Å². The Kier molecular flexibility index (Phi) is 4.80. The van der Waals surface area contributed by atoms with Crippen molar-refractivity contribution in [3.63, 3.8) is 0 Å². The highest BCUT2D eigenvalue weighted by atomic mass is 127. The van der Waals surface area contributed by atoms with E-state index in [9.17, 15) is 0 Å². The van der Waals surface area contributed by atoms with Crippen molar-refractivity contribution in [3.05, 3.63) is 24.3 Å². The Balaban J connectivity index is 0.00000121. The molecule has 0 bridgehead atoms. The second-order valence-corrected chi connectivity index (χ2v) is 2.22. The van der Waals surface area contributed by atoms with Gasteiger partial charge in [0.15, 0.2) is 0 Å². The van der Waals surface area contributed by atoms with Crippen LogP contribution < -0.4 is 0 Å². The van der Waals surface area contributed by atoms with Crippen LogP contribution in [-0.2, 0) is 7.05 Å². The summed E-state index contributed by atoms with van der Waals surface area (Å²) in [7, 11) is 3.66. The molecule has 0 fully saturated rings. The smallest absolute Gasteiger partial charge is 0.0956 e. The maximum atomic E-state index is 4.11. The molecule has 3 nitrogen and oxygen atoms in total. The van der Waals surface area contributed by atoms with Gasteiger partial charge in [0.1, 0.15) is 0 Å². The third-order valence-corrected chi connectivity index (χ3v) is 1.46. The van der Waals surface area contributed by atoms with Gasteiger partial charge in [-0.05, 0) is 6.08 Å². The van der Waals surface area contributed by atoms with Gasteiger partial charge in [0.05, 0.1) is 17.7 Å². The monoisotopic (exact) mass is 277 g/mol. The van der Waals surface area contributed by atoms with E-state index >= 15 is 0 Å². The lowest BCUT2D eigenvalue weighted by molar-refractivity contribution is 0.905. The number of hydrogen-bond donors (Lipinski definition) is 0. The van der Waals surface area contributed by atoms with Gasteiger partial charge < -0.3 is 4.57 Å². The highest BCUT2D eigenvalue weighted by Crippen LogP contribution is 2.03. The van der Waals surface area contributed by atoms with Crippen molar-refractivity contribution in [1.82, 2.24) is 9.55 Å². The maximum absolute atomic E-state index is 4.11. The molecule has 0 amide bonds. The quantitative estimate of drug-likeness (QED) is 0.598. The van der Waals surface area contributed by atoms with E-state index in [4.69, 9.17) is 0 Å². The summed E-state index contributed by atoms with van der Waals surface area (Å²) in [5.41, 5.74) is 1.86. The van der Waals surface area contributed by atoms with E-state index in [-0.39, 0.29) is 24.0 Å². The molecule has 0 unspecified atom stereocenters. The minimum atomic E-state index is 0. The molecular weight excluding hydrogens is 265 g/mol. The third kappa shape index (κ3) is 2.17. The lowest BCUT2D eigenvalue weighted by Gasteiger charge is -1.93. The Morgan fingerprint density at radius 2 is 2.33 bits per heavy atom. The van der Waals surface area contributed by atoms with Crippen LogP contribution in [0.15, 0.2) is 17.9 Å². The molecule has 1 rings (SSSR count). The summed E-state index contributed by atoms with van der Waals surface area (Å²) in [6.45, 7) is 3.65. The molecule has 12 heavy (non-hydrogen) atoms. The predicted octanol–water partition coefficient (Wildman–Crippen LogP) is 1.73. The molecule has 0 aliphatic carbocycles. The van der Waals surface area contributed by atoms with Crippen molar-refractivity contribution < 1.29 is 0 Å². The molecule has 0 spiro atoms. The fourth-order valence-electron chi connectivity index (χ4n) is 0.895. The van der Waals surface area contributed by atoms with Crippen molar-refractivity contribution >= 4 is 36.3 Å².